The van der Waals surface area contributed by atoms with E-state index in [9.17, 15) is 23.3 Å². The fourth-order valence-corrected chi connectivity index (χ4v) is 4.43. The van der Waals surface area contributed by atoms with E-state index in [1.165, 1.54) is 18.2 Å². The molecule has 0 aromatic heterocycles. The zero-order chi connectivity index (χ0) is 19.9. The smallest absolute Gasteiger partial charge is 0.277 e. The van der Waals surface area contributed by atoms with E-state index in [1.54, 1.807) is 42.5 Å². The molecule has 3 aromatic rings. The summed E-state index contributed by atoms with van der Waals surface area (Å²) < 4.78 is 26.6. The van der Waals surface area contributed by atoms with E-state index in [2.05, 4.69) is 10.0 Å². The highest BCUT2D eigenvalue weighted by atomic mass is 32.2. The van der Waals surface area contributed by atoms with Gasteiger partial charge in [-0.2, -0.15) is 0 Å². The van der Waals surface area contributed by atoms with Crippen molar-refractivity contribution in [1.82, 2.24) is 4.72 Å². The molecule has 0 radical (unpaired) electrons. The first-order valence-corrected chi connectivity index (χ1v) is 9.66. The van der Waals surface area contributed by atoms with Crippen molar-refractivity contribution in [3.05, 3.63) is 82.4 Å². The molecule has 0 unspecified atom stereocenters. The first-order valence-electron chi connectivity index (χ1n) is 8.18. The summed E-state index contributed by atoms with van der Waals surface area (Å²) in [7, 11) is -3.70. The number of rotatable bonds is 3. The molecule has 4 rings (SSSR count). The average molecular weight is 395 g/mol. The number of anilines is 1. The molecular formula is C19H13N3O5S. The van der Waals surface area contributed by atoms with Gasteiger partial charge in [-0.15, -0.1) is 0 Å². The Kier molecular flexibility index (Phi) is 4.08. The monoisotopic (exact) mass is 395 g/mol. The number of non-ortho nitro benzene ring substituents is 1. The van der Waals surface area contributed by atoms with Crippen molar-refractivity contribution >= 4 is 43.8 Å². The minimum Gasteiger partial charge on any atom is -0.322 e. The maximum Gasteiger partial charge on any atom is 0.277 e. The van der Waals surface area contributed by atoms with Crippen LogP contribution in [0.15, 0.2) is 71.6 Å². The largest absolute Gasteiger partial charge is 0.322 e. The zero-order valence-corrected chi connectivity index (χ0v) is 15.1. The van der Waals surface area contributed by atoms with Crippen LogP contribution in [-0.2, 0) is 14.8 Å². The topological polar surface area (TPSA) is 118 Å². The third-order valence-electron chi connectivity index (χ3n) is 4.34. The first kappa shape index (κ1) is 17.7. The molecule has 8 nitrogen and oxygen atoms in total. The Morgan fingerprint density at radius 1 is 1.00 bits per heavy atom. The lowest BCUT2D eigenvalue weighted by Gasteiger charge is -2.08. The van der Waals surface area contributed by atoms with E-state index in [-0.39, 0.29) is 16.3 Å². The average Bonchev–Trinajstić information content (AvgIpc) is 2.92. The van der Waals surface area contributed by atoms with Crippen LogP contribution in [0.3, 0.4) is 0 Å². The lowest BCUT2D eigenvalue weighted by Crippen LogP contribution is -2.16. The third kappa shape index (κ3) is 2.97. The summed E-state index contributed by atoms with van der Waals surface area (Å²) in [6, 6.07) is 15.8. The van der Waals surface area contributed by atoms with Crippen molar-refractivity contribution in [2.75, 3.05) is 5.32 Å². The number of nitrogens with zero attached hydrogens (tertiary/aromatic N) is 1. The highest BCUT2D eigenvalue weighted by molar-refractivity contribution is 7.90. The number of nitro groups is 1. The van der Waals surface area contributed by atoms with Crippen LogP contribution in [0.5, 0.6) is 0 Å². The van der Waals surface area contributed by atoms with E-state index in [0.29, 0.717) is 22.0 Å². The van der Waals surface area contributed by atoms with Crippen LogP contribution < -0.4 is 10.0 Å². The second-order valence-electron chi connectivity index (χ2n) is 6.08. The van der Waals surface area contributed by atoms with Crippen molar-refractivity contribution in [2.24, 2.45) is 0 Å². The quantitative estimate of drug-likeness (QED) is 0.401. The normalized spacial score (nSPS) is 15.8. The lowest BCUT2D eigenvalue weighted by molar-refractivity contribution is -0.383. The van der Waals surface area contributed by atoms with Crippen LogP contribution in [-0.4, -0.2) is 19.2 Å². The molecule has 140 valence electrons. The van der Waals surface area contributed by atoms with Crippen LogP contribution in [0.4, 0.5) is 11.4 Å². The molecule has 1 aliphatic rings. The van der Waals surface area contributed by atoms with Gasteiger partial charge in [0.2, 0.25) is 0 Å². The number of hydrogen-bond donors (Lipinski definition) is 2. The zero-order valence-electron chi connectivity index (χ0n) is 14.2. The molecule has 0 atom stereocenters. The summed E-state index contributed by atoms with van der Waals surface area (Å²) in [5.74, 6) is -0.562. The van der Waals surface area contributed by atoms with Gasteiger partial charge in [-0.25, -0.2) is 8.42 Å². The van der Waals surface area contributed by atoms with E-state index < -0.39 is 20.9 Å². The second-order valence-corrected chi connectivity index (χ2v) is 7.73. The van der Waals surface area contributed by atoms with Gasteiger partial charge in [0.1, 0.15) is 0 Å². The van der Waals surface area contributed by atoms with Gasteiger partial charge in [0.25, 0.3) is 21.6 Å². The maximum atomic E-state index is 12.5. The second kappa shape index (κ2) is 6.46. The standard InChI is InChI=1S/C19H13N3O5S/c23-19(11-16-14-7-3-4-8-18(14)28(26,27)21-16)20-15-9-10-17(22(24)25)13-6-2-1-5-12(13)15/h1-11,21H,(H,20,23)/b16-11-. The van der Waals surface area contributed by atoms with E-state index >= 15 is 0 Å². The first-order chi connectivity index (χ1) is 13.4. The molecule has 0 saturated heterocycles. The summed E-state index contributed by atoms with van der Waals surface area (Å²) in [6.45, 7) is 0. The highest BCUT2D eigenvalue weighted by Crippen LogP contribution is 2.32. The number of hydrogen-bond acceptors (Lipinski definition) is 5. The molecule has 1 heterocycles. The van der Waals surface area contributed by atoms with Gasteiger partial charge in [-0.05, 0) is 18.2 Å². The lowest BCUT2D eigenvalue weighted by atomic mass is 10.1. The van der Waals surface area contributed by atoms with Gasteiger partial charge in [0.15, 0.2) is 0 Å². The Morgan fingerprint density at radius 2 is 1.68 bits per heavy atom. The van der Waals surface area contributed by atoms with Gasteiger partial charge in [-0.1, -0.05) is 36.4 Å². The van der Waals surface area contributed by atoms with Crippen molar-refractivity contribution in [3.63, 3.8) is 0 Å². The molecule has 0 bridgehead atoms. The number of benzene rings is 3. The molecule has 0 spiro atoms. The van der Waals surface area contributed by atoms with Gasteiger partial charge in [0, 0.05) is 28.8 Å². The van der Waals surface area contributed by atoms with Crippen LogP contribution in [0.25, 0.3) is 16.5 Å². The number of nitro benzene ring substituents is 1. The Balaban J connectivity index is 1.70. The Labute approximate surface area is 159 Å². The molecule has 2 N–H and O–H groups in total. The molecule has 1 aliphatic heterocycles. The predicted molar refractivity (Wildman–Crippen MR) is 104 cm³/mol. The van der Waals surface area contributed by atoms with E-state index in [1.807, 2.05) is 0 Å². The summed E-state index contributed by atoms with van der Waals surface area (Å²) in [4.78, 5) is 23.3. The SMILES string of the molecule is O=C(/C=C1\NS(=O)(=O)c2ccccc21)Nc1ccc([N+](=O)[O-])c2ccccc12. The highest BCUT2D eigenvalue weighted by Gasteiger charge is 2.29. The number of sulfonamides is 1. The van der Waals surface area contributed by atoms with Gasteiger partial charge in [-0.3, -0.25) is 19.6 Å². The molecule has 1 amide bonds. The number of fused-ring (bicyclic) bond motifs is 2. The fraction of sp³-hybridized carbons (Fsp3) is 0. The molecule has 0 aliphatic carbocycles. The fourth-order valence-electron chi connectivity index (χ4n) is 3.14. The molecule has 9 heteroatoms. The Hall–Kier alpha value is -3.72. The van der Waals surface area contributed by atoms with Gasteiger partial charge < -0.3 is 5.32 Å². The number of carbonyl (C=O) groups is 1. The van der Waals surface area contributed by atoms with Crippen molar-refractivity contribution < 1.29 is 18.1 Å². The van der Waals surface area contributed by atoms with Crippen LogP contribution in [0.2, 0.25) is 0 Å². The van der Waals surface area contributed by atoms with Crippen molar-refractivity contribution in [1.29, 1.82) is 0 Å². The minimum absolute atomic E-state index is 0.0653. The summed E-state index contributed by atoms with van der Waals surface area (Å²) >= 11 is 0. The van der Waals surface area contributed by atoms with Gasteiger partial charge >= 0.3 is 0 Å². The van der Waals surface area contributed by atoms with Gasteiger partial charge in [0.05, 0.1) is 20.9 Å². The van der Waals surface area contributed by atoms with E-state index in [4.69, 9.17) is 0 Å². The minimum atomic E-state index is -3.70. The number of amides is 1. The molecule has 28 heavy (non-hydrogen) atoms. The Morgan fingerprint density at radius 3 is 2.43 bits per heavy atom. The van der Waals surface area contributed by atoms with Crippen molar-refractivity contribution in [3.8, 4) is 0 Å². The van der Waals surface area contributed by atoms with Crippen LogP contribution in [0.1, 0.15) is 5.56 Å². The summed E-state index contributed by atoms with van der Waals surface area (Å²) in [5, 5.41) is 14.8. The van der Waals surface area contributed by atoms with E-state index in [0.717, 1.165) is 6.08 Å². The summed E-state index contributed by atoms with van der Waals surface area (Å²) in [5.41, 5.74) is 0.896. The van der Waals surface area contributed by atoms with Crippen LogP contribution >= 0.6 is 0 Å². The molecule has 0 saturated carbocycles. The molecular weight excluding hydrogens is 382 g/mol. The van der Waals surface area contributed by atoms with Crippen LogP contribution in [0, 0.1) is 10.1 Å². The predicted octanol–water partition coefficient (Wildman–Crippen LogP) is 3.02. The Bertz CT molecular complexity index is 1280. The third-order valence-corrected chi connectivity index (χ3v) is 5.77. The summed E-state index contributed by atoms with van der Waals surface area (Å²) in [6.07, 6.45) is 1.15. The number of nitrogens with one attached hydrogen (secondary N) is 2. The molecule has 0 fully saturated rings. The molecule has 3 aromatic carbocycles. The maximum absolute atomic E-state index is 12.5. The number of carbonyl (C=O) groups excluding carboxylic acids is 1. The van der Waals surface area contributed by atoms with Crippen molar-refractivity contribution in [2.45, 2.75) is 4.90 Å².